The molecule has 0 spiro atoms. The number of carbonyl (C=O) groups excluding carboxylic acids is 1. The summed E-state index contributed by atoms with van der Waals surface area (Å²) >= 11 is 0. The molecule has 2 aliphatic rings. The molecule has 0 bridgehead atoms. The second-order valence-corrected chi connectivity index (χ2v) is 9.62. The van der Waals surface area contributed by atoms with Gasteiger partial charge in [0.15, 0.2) is 11.6 Å². The molecule has 31 heavy (non-hydrogen) atoms. The van der Waals surface area contributed by atoms with E-state index in [0.29, 0.717) is 44.7 Å². The molecule has 10 heteroatoms. The van der Waals surface area contributed by atoms with Crippen molar-refractivity contribution >= 4 is 33.3 Å². The highest BCUT2D eigenvalue weighted by molar-refractivity contribution is 7.89. The van der Waals surface area contributed by atoms with E-state index >= 15 is 0 Å². The van der Waals surface area contributed by atoms with E-state index in [1.807, 2.05) is 12.1 Å². The molecule has 1 fully saturated rings. The molecular weight excluding hydrogens is 416 g/mol. The smallest absolute Gasteiger partial charge is 0.243 e. The van der Waals surface area contributed by atoms with E-state index in [0.717, 1.165) is 30.3 Å². The highest BCUT2D eigenvalue weighted by Crippen LogP contribution is 2.28. The summed E-state index contributed by atoms with van der Waals surface area (Å²) in [5.74, 6) is 1.57. The van der Waals surface area contributed by atoms with E-state index in [-0.39, 0.29) is 10.8 Å². The van der Waals surface area contributed by atoms with Crippen LogP contribution in [0.5, 0.6) is 0 Å². The fraction of sp³-hybridized carbons (Fsp3) is 0.476. The van der Waals surface area contributed by atoms with Crippen LogP contribution in [0, 0.1) is 0 Å². The minimum atomic E-state index is -3.59. The Morgan fingerprint density at radius 2 is 1.74 bits per heavy atom. The first-order chi connectivity index (χ1) is 14.9. The first kappa shape index (κ1) is 21.5. The van der Waals surface area contributed by atoms with Crippen molar-refractivity contribution in [3.63, 3.8) is 0 Å². The average molecular weight is 445 g/mol. The van der Waals surface area contributed by atoms with Gasteiger partial charge in [-0.25, -0.2) is 8.42 Å². The molecule has 1 amide bonds. The third kappa shape index (κ3) is 4.35. The number of rotatable bonds is 6. The maximum absolute atomic E-state index is 13.2. The zero-order valence-electron chi connectivity index (χ0n) is 17.9. The predicted octanol–water partition coefficient (Wildman–Crippen LogP) is 1.72. The molecule has 1 aromatic carbocycles. The molecule has 0 aliphatic carbocycles. The van der Waals surface area contributed by atoms with Gasteiger partial charge in [-0.1, -0.05) is 0 Å². The summed E-state index contributed by atoms with van der Waals surface area (Å²) in [5, 5.41) is 11.5. The molecule has 9 nitrogen and oxygen atoms in total. The summed E-state index contributed by atoms with van der Waals surface area (Å²) < 4.78 is 27.8. The van der Waals surface area contributed by atoms with Gasteiger partial charge in [-0.3, -0.25) is 4.79 Å². The molecule has 1 saturated heterocycles. The standard InChI is InChI=1S/C21H28N6O3S/c1-3-25(4-2)19-8-9-20(24-23-19)26-11-13-27(14-12-26)31(29,30)17-6-7-18-16(15-17)5-10-21(28)22-18/h6-9,15H,3-5,10-14H2,1-2H3,(H,22,28). The summed E-state index contributed by atoms with van der Waals surface area (Å²) in [6, 6.07) is 8.85. The summed E-state index contributed by atoms with van der Waals surface area (Å²) in [5.41, 5.74) is 1.56. The van der Waals surface area contributed by atoms with Crippen molar-refractivity contribution in [3.8, 4) is 0 Å². The van der Waals surface area contributed by atoms with Gasteiger partial charge in [0, 0.05) is 51.4 Å². The Kier molecular flexibility index (Phi) is 6.10. The van der Waals surface area contributed by atoms with Crippen LogP contribution in [-0.4, -0.2) is 68.1 Å². The molecule has 1 aromatic heterocycles. The molecule has 0 unspecified atom stereocenters. The maximum atomic E-state index is 13.2. The van der Waals surface area contributed by atoms with Gasteiger partial charge in [0.2, 0.25) is 15.9 Å². The topological polar surface area (TPSA) is 98.7 Å². The van der Waals surface area contributed by atoms with Crippen LogP contribution in [0.3, 0.4) is 0 Å². The number of piperazine rings is 1. The predicted molar refractivity (Wildman–Crippen MR) is 120 cm³/mol. The van der Waals surface area contributed by atoms with Crippen molar-refractivity contribution in [2.24, 2.45) is 0 Å². The number of hydrogen-bond acceptors (Lipinski definition) is 7. The van der Waals surface area contributed by atoms with Crippen molar-refractivity contribution in [2.45, 2.75) is 31.6 Å². The van der Waals surface area contributed by atoms with Crippen molar-refractivity contribution in [2.75, 3.05) is 54.4 Å². The van der Waals surface area contributed by atoms with Gasteiger partial charge < -0.3 is 15.1 Å². The van der Waals surface area contributed by atoms with E-state index in [9.17, 15) is 13.2 Å². The van der Waals surface area contributed by atoms with E-state index < -0.39 is 10.0 Å². The number of sulfonamides is 1. The molecule has 1 N–H and O–H groups in total. The summed E-state index contributed by atoms with van der Waals surface area (Å²) in [4.78, 5) is 16.0. The molecular formula is C21H28N6O3S. The average Bonchev–Trinajstić information content (AvgIpc) is 2.80. The fourth-order valence-electron chi connectivity index (χ4n) is 4.03. The Balaban J connectivity index is 1.43. The number of anilines is 3. The zero-order chi connectivity index (χ0) is 22.0. The van der Waals surface area contributed by atoms with Crippen molar-refractivity contribution in [1.29, 1.82) is 0 Å². The number of hydrogen-bond donors (Lipinski definition) is 1. The summed E-state index contributed by atoms with van der Waals surface area (Å²) in [6.45, 7) is 7.78. The molecule has 2 aliphatic heterocycles. The Bertz CT molecular complexity index is 1050. The normalized spacial score (nSPS) is 17.2. The van der Waals surface area contributed by atoms with Crippen LogP contribution in [-0.2, 0) is 21.2 Å². The quantitative estimate of drug-likeness (QED) is 0.724. The van der Waals surface area contributed by atoms with E-state index in [1.165, 1.54) is 4.31 Å². The van der Waals surface area contributed by atoms with Crippen LogP contribution in [0.1, 0.15) is 25.8 Å². The third-order valence-corrected chi connectivity index (χ3v) is 7.79. The van der Waals surface area contributed by atoms with E-state index in [4.69, 9.17) is 0 Å². The molecule has 0 saturated carbocycles. The maximum Gasteiger partial charge on any atom is 0.243 e. The van der Waals surface area contributed by atoms with Crippen LogP contribution in [0.4, 0.5) is 17.3 Å². The van der Waals surface area contributed by atoms with Crippen LogP contribution in [0.2, 0.25) is 0 Å². The van der Waals surface area contributed by atoms with Gasteiger partial charge in [-0.2, -0.15) is 4.31 Å². The Labute approximate surface area is 183 Å². The highest BCUT2D eigenvalue weighted by atomic mass is 32.2. The Morgan fingerprint density at radius 3 is 2.39 bits per heavy atom. The lowest BCUT2D eigenvalue weighted by Gasteiger charge is -2.34. The van der Waals surface area contributed by atoms with E-state index in [1.54, 1.807) is 18.2 Å². The number of nitrogens with zero attached hydrogens (tertiary/aromatic N) is 5. The number of fused-ring (bicyclic) bond motifs is 1. The summed E-state index contributed by atoms with van der Waals surface area (Å²) in [7, 11) is -3.59. The lowest BCUT2D eigenvalue weighted by atomic mass is 10.0. The van der Waals surface area contributed by atoms with Gasteiger partial charge >= 0.3 is 0 Å². The number of benzene rings is 1. The van der Waals surface area contributed by atoms with Gasteiger partial charge in [0.05, 0.1) is 4.90 Å². The molecule has 166 valence electrons. The monoisotopic (exact) mass is 444 g/mol. The first-order valence-corrected chi connectivity index (χ1v) is 12.1. The summed E-state index contributed by atoms with van der Waals surface area (Å²) in [6.07, 6.45) is 0.934. The molecule has 4 rings (SSSR count). The van der Waals surface area contributed by atoms with Crippen molar-refractivity contribution < 1.29 is 13.2 Å². The Hall–Kier alpha value is -2.72. The minimum absolute atomic E-state index is 0.0348. The lowest BCUT2D eigenvalue weighted by molar-refractivity contribution is -0.116. The molecule has 3 heterocycles. The van der Waals surface area contributed by atoms with Gasteiger partial charge in [0.25, 0.3) is 0 Å². The van der Waals surface area contributed by atoms with Crippen molar-refractivity contribution in [3.05, 3.63) is 35.9 Å². The van der Waals surface area contributed by atoms with Crippen LogP contribution >= 0.6 is 0 Å². The van der Waals surface area contributed by atoms with Gasteiger partial charge in [-0.15, -0.1) is 10.2 Å². The minimum Gasteiger partial charge on any atom is -0.356 e. The van der Waals surface area contributed by atoms with Crippen LogP contribution in [0.15, 0.2) is 35.2 Å². The SMILES string of the molecule is CCN(CC)c1ccc(N2CCN(S(=O)(=O)c3ccc4c(c3)CCC(=O)N4)CC2)nn1. The van der Waals surface area contributed by atoms with E-state index in [2.05, 4.69) is 39.2 Å². The Morgan fingerprint density at radius 1 is 1.00 bits per heavy atom. The molecule has 0 atom stereocenters. The molecule has 0 radical (unpaired) electrons. The second kappa shape index (κ2) is 8.80. The van der Waals surface area contributed by atoms with Crippen LogP contribution < -0.4 is 15.1 Å². The second-order valence-electron chi connectivity index (χ2n) is 7.68. The van der Waals surface area contributed by atoms with Gasteiger partial charge in [-0.05, 0) is 56.2 Å². The lowest BCUT2D eigenvalue weighted by Crippen LogP contribution is -2.49. The van der Waals surface area contributed by atoms with Crippen LogP contribution in [0.25, 0.3) is 0 Å². The largest absolute Gasteiger partial charge is 0.356 e. The highest BCUT2D eigenvalue weighted by Gasteiger charge is 2.30. The number of nitrogens with one attached hydrogen (secondary N) is 1. The third-order valence-electron chi connectivity index (χ3n) is 5.90. The fourth-order valence-corrected chi connectivity index (χ4v) is 5.50. The number of aromatic nitrogens is 2. The van der Waals surface area contributed by atoms with Crippen molar-refractivity contribution in [1.82, 2.24) is 14.5 Å². The molecule has 2 aromatic rings. The first-order valence-electron chi connectivity index (χ1n) is 10.7. The number of amides is 1. The zero-order valence-corrected chi connectivity index (χ0v) is 18.7. The number of carbonyl (C=O) groups is 1. The van der Waals surface area contributed by atoms with Gasteiger partial charge in [0.1, 0.15) is 0 Å². The number of aryl methyl sites for hydroxylation is 1.